The fourth-order valence-corrected chi connectivity index (χ4v) is 4.64. The molecule has 0 unspecified atom stereocenters. The third-order valence-electron chi connectivity index (χ3n) is 6.54. The van der Waals surface area contributed by atoms with E-state index in [-0.39, 0.29) is 24.1 Å². The molecule has 2 heterocycles. The van der Waals surface area contributed by atoms with E-state index in [0.29, 0.717) is 22.0 Å². The van der Waals surface area contributed by atoms with Crippen molar-refractivity contribution in [3.05, 3.63) is 81.8 Å². The van der Waals surface area contributed by atoms with Crippen molar-refractivity contribution in [1.29, 1.82) is 0 Å². The summed E-state index contributed by atoms with van der Waals surface area (Å²) in [5, 5.41) is 0.594. The first-order valence-corrected chi connectivity index (χ1v) is 13.5. The second kappa shape index (κ2) is 13.6. The number of benzene rings is 3. The highest BCUT2D eigenvalue weighted by Gasteiger charge is 2.27. The van der Waals surface area contributed by atoms with Gasteiger partial charge in [0.15, 0.2) is 6.61 Å². The van der Waals surface area contributed by atoms with Crippen LogP contribution >= 0.6 is 23.2 Å². The van der Waals surface area contributed by atoms with Gasteiger partial charge in [0.1, 0.15) is 12.3 Å². The average Bonchev–Trinajstić information content (AvgIpc) is 2.96. The maximum atomic E-state index is 11.6. The summed E-state index contributed by atoms with van der Waals surface area (Å²) in [6, 6.07) is 19.0. The molecule has 1 saturated heterocycles. The number of carbonyl (C=O) groups is 3. The standard InChI is InChI=1S/C19H22N2O2.C10H8Cl2N2O3/c20-19(22)18-7-5-17(6-8-18)16-3-1-15(2-4-16)9-10-21-11-13-23-14-12-21;11-5-1-7-8(2-6(5)12)17-4-10(16)14(7)3-9(13)15/h1-8H,9-14H2,(H2,20,22);1-2H,3-4H2,(H2,13,15). The van der Waals surface area contributed by atoms with Crippen LogP contribution in [-0.4, -0.2) is 68.6 Å². The van der Waals surface area contributed by atoms with Crippen molar-refractivity contribution in [2.45, 2.75) is 6.42 Å². The minimum atomic E-state index is -0.614. The molecule has 11 heteroatoms. The number of anilines is 1. The van der Waals surface area contributed by atoms with E-state index in [1.54, 1.807) is 12.1 Å². The maximum Gasteiger partial charge on any atom is 0.265 e. The van der Waals surface area contributed by atoms with Crippen LogP contribution < -0.4 is 21.1 Å². The molecule has 9 nitrogen and oxygen atoms in total. The Balaban J connectivity index is 0.000000194. The number of ether oxygens (including phenoxy) is 2. The van der Waals surface area contributed by atoms with E-state index in [1.807, 2.05) is 12.1 Å². The lowest BCUT2D eigenvalue weighted by molar-refractivity contribution is -0.124. The zero-order chi connectivity index (χ0) is 28.6. The highest BCUT2D eigenvalue weighted by Crippen LogP contribution is 2.38. The van der Waals surface area contributed by atoms with E-state index in [1.165, 1.54) is 22.6 Å². The van der Waals surface area contributed by atoms with Crippen molar-refractivity contribution in [3.63, 3.8) is 0 Å². The molecule has 0 aromatic heterocycles. The first kappa shape index (κ1) is 29.4. The summed E-state index contributed by atoms with van der Waals surface area (Å²) >= 11 is 11.7. The molecule has 0 aliphatic carbocycles. The van der Waals surface area contributed by atoms with Crippen LogP contribution in [0.25, 0.3) is 11.1 Å². The number of morpholine rings is 1. The quantitative estimate of drug-likeness (QED) is 0.437. The molecule has 2 aliphatic rings. The summed E-state index contributed by atoms with van der Waals surface area (Å²) in [6.45, 7) is 4.47. The fraction of sp³-hybridized carbons (Fsp3) is 0.276. The number of carbonyl (C=O) groups excluding carboxylic acids is 3. The zero-order valence-electron chi connectivity index (χ0n) is 21.8. The normalized spacial score (nSPS) is 14.9. The Morgan fingerprint density at radius 3 is 2.08 bits per heavy atom. The Hall–Kier alpha value is -3.63. The number of primary amides is 2. The van der Waals surface area contributed by atoms with Crippen molar-refractivity contribution < 1.29 is 23.9 Å². The number of fused-ring (bicyclic) bond motifs is 1. The van der Waals surface area contributed by atoms with E-state index >= 15 is 0 Å². The first-order chi connectivity index (χ1) is 19.2. The molecule has 2 aliphatic heterocycles. The number of nitrogens with two attached hydrogens (primary N) is 2. The van der Waals surface area contributed by atoms with Crippen LogP contribution in [0, 0.1) is 0 Å². The fourth-order valence-electron chi connectivity index (χ4n) is 4.33. The predicted octanol–water partition coefficient (Wildman–Crippen LogP) is 3.53. The number of halogens is 2. The van der Waals surface area contributed by atoms with E-state index in [9.17, 15) is 14.4 Å². The smallest absolute Gasteiger partial charge is 0.265 e. The average molecular weight is 585 g/mol. The molecule has 40 heavy (non-hydrogen) atoms. The summed E-state index contributed by atoms with van der Waals surface area (Å²) in [5.74, 6) is -0.956. The lowest BCUT2D eigenvalue weighted by Crippen LogP contribution is -2.43. The van der Waals surface area contributed by atoms with Gasteiger partial charge >= 0.3 is 0 Å². The highest BCUT2D eigenvalue weighted by atomic mass is 35.5. The molecule has 0 atom stereocenters. The van der Waals surface area contributed by atoms with Gasteiger partial charge < -0.3 is 20.9 Å². The van der Waals surface area contributed by atoms with Crippen LogP contribution in [0.3, 0.4) is 0 Å². The molecule has 5 rings (SSSR count). The van der Waals surface area contributed by atoms with Crippen molar-refractivity contribution >= 4 is 46.6 Å². The summed E-state index contributed by atoms with van der Waals surface area (Å²) in [6.07, 6.45) is 1.06. The van der Waals surface area contributed by atoms with Crippen molar-refractivity contribution in [2.24, 2.45) is 11.5 Å². The summed E-state index contributed by atoms with van der Waals surface area (Å²) < 4.78 is 10.6. The number of hydrogen-bond donors (Lipinski definition) is 2. The molecule has 3 amide bonds. The van der Waals surface area contributed by atoms with Crippen molar-refractivity contribution in [2.75, 3.05) is 50.9 Å². The number of amides is 3. The van der Waals surface area contributed by atoms with Crippen LogP contribution in [-0.2, 0) is 20.7 Å². The molecular weight excluding hydrogens is 555 g/mol. The molecule has 4 N–H and O–H groups in total. The summed E-state index contributed by atoms with van der Waals surface area (Å²) in [5.41, 5.74) is 14.9. The molecule has 0 bridgehead atoms. The van der Waals surface area contributed by atoms with Crippen LogP contribution in [0.5, 0.6) is 5.75 Å². The van der Waals surface area contributed by atoms with Gasteiger partial charge in [-0.25, -0.2) is 0 Å². The minimum Gasteiger partial charge on any atom is -0.482 e. The van der Waals surface area contributed by atoms with E-state index in [0.717, 1.165) is 50.4 Å². The first-order valence-electron chi connectivity index (χ1n) is 12.7. The van der Waals surface area contributed by atoms with Gasteiger partial charge in [-0.1, -0.05) is 59.6 Å². The molecule has 0 spiro atoms. The van der Waals surface area contributed by atoms with Crippen molar-refractivity contribution in [1.82, 2.24) is 4.90 Å². The van der Waals surface area contributed by atoms with E-state index < -0.39 is 11.8 Å². The molecule has 0 saturated carbocycles. The minimum absolute atomic E-state index is 0.155. The van der Waals surface area contributed by atoms with Gasteiger partial charge in [0.25, 0.3) is 5.91 Å². The zero-order valence-corrected chi connectivity index (χ0v) is 23.3. The third kappa shape index (κ3) is 7.73. The highest BCUT2D eigenvalue weighted by molar-refractivity contribution is 6.42. The van der Waals surface area contributed by atoms with E-state index in [4.69, 9.17) is 44.1 Å². The summed E-state index contributed by atoms with van der Waals surface area (Å²) in [4.78, 5) is 37.3. The summed E-state index contributed by atoms with van der Waals surface area (Å²) in [7, 11) is 0. The lowest BCUT2D eigenvalue weighted by atomic mass is 10.0. The van der Waals surface area contributed by atoms with Gasteiger partial charge in [0.2, 0.25) is 11.8 Å². The Morgan fingerprint density at radius 1 is 0.875 bits per heavy atom. The predicted molar refractivity (Wildman–Crippen MR) is 155 cm³/mol. The Bertz CT molecular complexity index is 1360. The van der Waals surface area contributed by atoms with Gasteiger partial charge in [0, 0.05) is 31.3 Å². The lowest BCUT2D eigenvalue weighted by Gasteiger charge is -2.28. The third-order valence-corrected chi connectivity index (χ3v) is 7.26. The van der Waals surface area contributed by atoms with E-state index in [2.05, 4.69) is 29.2 Å². The molecule has 1 fully saturated rings. The van der Waals surface area contributed by atoms with Gasteiger partial charge in [-0.2, -0.15) is 0 Å². The SMILES string of the molecule is NC(=O)CN1C(=O)COc2cc(Cl)c(Cl)cc21.NC(=O)c1ccc(-c2ccc(CCN3CCOCC3)cc2)cc1. The second-order valence-corrected chi connectivity index (χ2v) is 10.1. The molecule has 210 valence electrons. The Morgan fingerprint density at radius 2 is 1.48 bits per heavy atom. The number of nitrogens with zero attached hydrogens (tertiary/aromatic N) is 2. The monoisotopic (exact) mass is 584 g/mol. The van der Waals surface area contributed by atoms with Gasteiger partial charge in [-0.05, 0) is 41.3 Å². The Labute approximate surface area is 242 Å². The van der Waals surface area contributed by atoms with Crippen molar-refractivity contribution in [3.8, 4) is 16.9 Å². The van der Waals surface area contributed by atoms with Crippen LogP contribution in [0.4, 0.5) is 5.69 Å². The van der Waals surface area contributed by atoms with Crippen LogP contribution in [0.15, 0.2) is 60.7 Å². The molecule has 0 radical (unpaired) electrons. The maximum absolute atomic E-state index is 11.6. The molecule has 3 aromatic rings. The van der Waals surface area contributed by atoms with Crippen LogP contribution in [0.1, 0.15) is 15.9 Å². The Kier molecular flexibility index (Phi) is 10.0. The van der Waals surface area contributed by atoms with Gasteiger partial charge in [-0.15, -0.1) is 0 Å². The topological polar surface area (TPSA) is 128 Å². The molecule has 3 aromatic carbocycles. The van der Waals surface area contributed by atoms with Crippen LogP contribution in [0.2, 0.25) is 10.0 Å². The van der Waals surface area contributed by atoms with Gasteiger partial charge in [-0.3, -0.25) is 24.2 Å². The number of hydrogen-bond acceptors (Lipinski definition) is 6. The number of rotatable bonds is 7. The second-order valence-electron chi connectivity index (χ2n) is 9.31. The largest absolute Gasteiger partial charge is 0.482 e. The van der Waals surface area contributed by atoms with Gasteiger partial charge in [0.05, 0.1) is 28.9 Å². The molecular formula is C29H30Cl2N4O5.